The first kappa shape index (κ1) is 37.0. The van der Waals surface area contributed by atoms with Crippen LogP contribution in [-0.2, 0) is 27.2 Å². The highest BCUT2D eigenvalue weighted by atomic mass is 19.1. The standard InChI is InChI=1S/C21H23FN2O2.C17H15FN2O2/c1-13(2)16-10-15(22)11-17(14-7-8-24-19(9-14)23-6)18(16)12-20(25)26-21(3,4)5;1-10(2)13-7-12(18)8-14(15(13)9-17(21)22)11-4-5-20-16(6-11)19-3/h7-11,13H,12H2,1-5H3;4-8,10H,9H2,1-2H3,(H,21,22). The summed E-state index contributed by atoms with van der Waals surface area (Å²) in [6.07, 6.45) is 2.82. The summed E-state index contributed by atoms with van der Waals surface area (Å²) in [5.74, 6) is -1.71. The third kappa shape index (κ3) is 10.0. The Hall–Kier alpha value is -5.48. The molecule has 0 spiro atoms. The maximum Gasteiger partial charge on any atom is 0.310 e. The van der Waals surface area contributed by atoms with Gasteiger partial charge >= 0.3 is 11.9 Å². The maximum atomic E-state index is 14.3. The van der Waals surface area contributed by atoms with Gasteiger partial charge in [-0.25, -0.2) is 8.78 Å². The minimum atomic E-state index is -0.978. The summed E-state index contributed by atoms with van der Waals surface area (Å²) in [4.78, 5) is 38.0. The predicted octanol–water partition coefficient (Wildman–Crippen LogP) is 9.64. The largest absolute Gasteiger partial charge is 0.481 e. The molecule has 48 heavy (non-hydrogen) atoms. The Labute approximate surface area is 280 Å². The quantitative estimate of drug-likeness (QED) is 0.150. The number of carboxylic acids is 1. The fraction of sp³-hybridized carbons (Fsp3) is 0.316. The highest BCUT2D eigenvalue weighted by Crippen LogP contribution is 2.35. The van der Waals surface area contributed by atoms with E-state index in [4.69, 9.17) is 23.0 Å². The van der Waals surface area contributed by atoms with E-state index in [1.54, 1.807) is 18.2 Å². The topological polar surface area (TPSA) is 98.1 Å². The molecule has 2 aromatic carbocycles. The zero-order valence-corrected chi connectivity index (χ0v) is 28.1. The average Bonchev–Trinajstić information content (AvgIpc) is 3.01. The molecule has 8 nitrogen and oxygen atoms in total. The van der Waals surface area contributed by atoms with E-state index in [2.05, 4.69) is 19.7 Å². The summed E-state index contributed by atoms with van der Waals surface area (Å²) in [6, 6.07) is 12.1. The molecule has 0 saturated carbocycles. The number of pyridine rings is 2. The van der Waals surface area contributed by atoms with Gasteiger partial charge in [0.2, 0.25) is 0 Å². The fourth-order valence-corrected chi connectivity index (χ4v) is 5.22. The molecule has 0 amide bonds. The van der Waals surface area contributed by atoms with Crippen molar-refractivity contribution in [1.82, 2.24) is 9.97 Å². The van der Waals surface area contributed by atoms with E-state index in [0.717, 1.165) is 11.1 Å². The van der Waals surface area contributed by atoms with Gasteiger partial charge in [-0.1, -0.05) is 40.8 Å². The molecule has 0 aliphatic rings. The summed E-state index contributed by atoms with van der Waals surface area (Å²) in [5, 5.41) is 9.16. The Kier molecular flexibility index (Phi) is 12.2. The first-order valence-electron chi connectivity index (χ1n) is 15.3. The maximum absolute atomic E-state index is 14.3. The Morgan fingerprint density at radius 3 is 1.54 bits per heavy atom. The van der Waals surface area contributed by atoms with Crippen molar-refractivity contribution in [3.05, 3.63) is 118 Å². The van der Waals surface area contributed by atoms with Gasteiger partial charge in [0.15, 0.2) is 0 Å². The Balaban J connectivity index is 0.000000264. The lowest BCUT2D eigenvalue weighted by molar-refractivity contribution is -0.154. The van der Waals surface area contributed by atoms with Crippen LogP contribution in [0.3, 0.4) is 0 Å². The second kappa shape index (κ2) is 15.9. The number of carbonyl (C=O) groups excluding carboxylic acids is 1. The number of esters is 1. The smallest absolute Gasteiger partial charge is 0.310 e. The summed E-state index contributed by atoms with van der Waals surface area (Å²) >= 11 is 0. The van der Waals surface area contributed by atoms with Crippen LogP contribution in [0.2, 0.25) is 0 Å². The second-order valence-corrected chi connectivity index (χ2v) is 12.7. The lowest BCUT2D eigenvalue weighted by Gasteiger charge is -2.22. The van der Waals surface area contributed by atoms with Gasteiger partial charge < -0.3 is 19.5 Å². The van der Waals surface area contributed by atoms with Crippen molar-refractivity contribution in [1.29, 1.82) is 0 Å². The number of rotatable bonds is 8. The molecule has 0 radical (unpaired) electrons. The van der Waals surface area contributed by atoms with Crippen molar-refractivity contribution in [2.45, 2.75) is 78.7 Å². The van der Waals surface area contributed by atoms with Gasteiger partial charge in [0, 0.05) is 0 Å². The van der Waals surface area contributed by atoms with Crippen LogP contribution in [0.1, 0.15) is 82.6 Å². The number of benzene rings is 2. The molecule has 0 bridgehead atoms. The van der Waals surface area contributed by atoms with Gasteiger partial charge in [-0.3, -0.25) is 9.59 Å². The van der Waals surface area contributed by atoms with E-state index < -0.39 is 17.4 Å². The van der Waals surface area contributed by atoms with Crippen LogP contribution in [0.4, 0.5) is 20.4 Å². The van der Waals surface area contributed by atoms with Gasteiger partial charge in [0.05, 0.1) is 12.8 Å². The number of hydrogen-bond acceptors (Lipinski definition) is 5. The van der Waals surface area contributed by atoms with Gasteiger partial charge in [-0.15, -0.1) is 9.97 Å². The lowest BCUT2D eigenvalue weighted by atomic mass is 9.88. The zero-order chi connectivity index (χ0) is 35.8. The molecule has 0 atom stereocenters. The Bertz CT molecular complexity index is 1900. The first-order valence-corrected chi connectivity index (χ1v) is 15.3. The Morgan fingerprint density at radius 2 is 1.19 bits per heavy atom. The molecule has 0 fully saturated rings. The fourth-order valence-electron chi connectivity index (χ4n) is 5.22. The summed E-state index contributed by atoms with van der Waals surface area (Å²) in [7, 11) is 0. The predicted molar refractivity (Wildman–Crippen MR) is 181 cm³/mol. The highest BCUT2D eigenvalue weighted by molar-refractivity contribution is 5.81. The van der Waals surface area contributed by atoms with Crippen molar-refractivity contribution in [2.75, 3.05) is 0 Å². The monoisotopic (exact) mass is 652 g/mol. The molecule has 4 aromatic rings. The molecule has 0 unspecified atom stereocenters. The Morgan fingerprint density at radius 1 is 0.771 bits per heavy atom. The molecule has 1 N–H and O–H groups in total. The van der Waals surface area contributed by atoms with E-state index in [1.165, 1.54) is 42.7 Å². The van der Waals surface area contributed by atoms with E-state index in [9.17, 15) is 18.4 Å². The lowest BCUT2D eigenvalue weighted by Crippen LogP contribution is -2.25. The average molecular weight is 653 g/mol. The summed E-state index contributed by atoms with van der Waals surface area (Å²) in [6.45, 7) is 27.3. The van der Waals surface area contributed by atoms with Crippen LogP contribution in [0.5, 0.6) is 0 Å². The molecule has 0 saturated heterocycles. The van der Waals surface area contributed by atoms with E-state index in [0.29, 0.717) is 33.4 Å². The molecule has 2 aromatic heterocycles. The van der Waals surface area contributed by atoms with Crippen molar-refractivity contribution in [3.63, 3.8) is 0 Å². The number of carbonyl (C=O) groups is 2. The van der Waals surface area contributed by atoms with Crippen molar-refractivity contribution < 1.29 is 28.2 Å². The summed E-state index contributed by atoms with van der Waals surface area (Å²) < 4.78 is 33.7. The van der Waals surface area contributed by atoms with Gasteiger partial charge in [0.25, 0.3) is 11.6 Å². The minimum absolute atomic E-state index is 0.00836. The zero-order valence-electron chi connectivity index (χ0n) is 28.1. The van der Waals surface area contributed by atoms with Crippen molar-refractivity contribution in [2.24, 2.45) is 0 Å². The van der Waals surface area contributed by atoms with Crippen LogP contribution < -0.4 is 0 Å². The normalized spacial score (nSPS) is 10.9. The molecule has 4 rings (SSSR count). The van der Waals surface area contributed by atoms with E-state index in [-0.39, 0.29) is 48.1 Å². The highest BCUT2D eigenvalue weighted by Gasteiger charge is 2.22. The van der Waals surface area contributed by atoms with Gasteiger partial charge in [-0.05, 0) is 126 Å². The number of hydrogen-bond donors (Lipinski definition) is 1. The van der Waals surface area contributed by atoms with Crippen LogP contribution in [0.25, 0.3) is 31.9 Å². The third-order valence-electron chi connectivity index (χ3n) is 7.15. The first-order chi connectivity index (χ1) is 22.5. The molecule has 10 heteroatoms. The number of ether oxygens (including phenoxy) is 1. The minimum Gasteiger partial charge on any atom is -0.481 e. The van der Waals surface area contributed by atoms with E-state index >= 15 is 0 Å². The summed E-state index contributed by atoms with van der Waals surface area (Å²) in [5.41, 5.74) is 4.47. The number of nitrogens with zero attached hydrogens (tertiary/aromatic N) is 4. The molecule has 2 heterocycles. The number of aliphatic carboxylic acids is 1. The number of halogens is 2. The number of carboxylic acid groups (broad SMARTS) is 1. The van der Waals surface area contributed by atoms with Crippen molar-refractivity contribution in [3.8, 4) is 22.3 Å². The third-order valence-corrected chi connectivity index (χ3v) is 7.15. The van der Waals surface area contributed by atoms with Crippen molar-refractivity contribution >= 4 is 23.6 Å². The van der Waals surface area contributed by atoms with Gasteiger partial charge in [-0.2, -0.15) is 0 Å². The van der Waals surface area contributed by atoms with E-state index in [1.807, 2.05) is 48.5 Å². The van der Waals surface area contributed by atoms with Crippen LogP contribution >= 0.6 is 0 Å². The van der Waals surface area contributed by atoms with Crippen LogP contribution in [-0.4, -0.2) is 32.6 Å². The molecule has 248 valence electrons. The van der Waals surface area contributed by atoms with Crippen LogP contribution in [0.15, 0.2) is 60.9 Å². The van der Waals surface area contributed by atoms with Crippen LogP contribution in [0, 0.1) is 24.8 Å². The molecule has 0 aliphatic heterocycles. The number of aromatic nitrogens is 2. The molecule has 0 aliphatic carbocycles. The second-order valence-electron chi connectivity index (χ2n) is 12.7. The molecular formula is C38H38F2N4O4. The SMILES string of the molecule is [C-]#[N+]c1cc(-c2cc(F)cc(C(C)C)c2CC(=O)O)ccn1.[C-]#[N+]c1cc(-c2cc(F)cc(C(C)C)c2CC(=O)OC(C)(C)C)ccn1. The molecular weight excluding hydrogens is 614 g/mol. The van der Waals surface area contributed by atoms with Gasteiger partial charge in [0.1, 0.15) is 29.6 Å².